The Labute approximate surface area is 222 Å². The molecule has 0 aromatic heterocycles. The molecular weight excluding hydrogens is 495 g/mol. The molecule has 8 nitrogen and oxygen atoms in total. The summed E-state index contributed by atoms with van der Waals surface area (Å²) in [6.45, 7) is 7.50. The molecule has 206 valence electrons. The largest absolute Gasteiger partial charge is 0.494 e. The van der Waals surface area contributed by atoms with Gasteiger partial charge < -0.3 is 23.7 Å². The molecule has 0 fully saturated rings. The molecular formula is C29H35FO8. The van der Waals surface area contributed by atoms with E-state index in [4.69, 9.17) is 23.7 Å². The minimum atomic E-state index is -1.59. The number of carbonyl (C=O) groups is 3. The van der Waals surface area contributed by atoms with E-state index in [9.17, 15) is 18.8 Å². The number of ether oxygens (including phenoxy) is 5. The number of esters is 3. The normalized spacial score (nSPS) is 11.4. The summed E-state index contributed by atoms with van der Waals surface area (Å²) in [5, 5.41) is 0. The summed E-state index contributed by atoms with van der Waals surface area (Å²) < 4.78 is 39.0. The van der Waals surface area contributed by atoms with E-state index in [0.717, 1.165) is 31.7 Å². The third kappa shape index (κ3) is 10.3. The molecule has 2 aromatic rings. The van der Waals surface area contributed by atoms with Crippen LogP contribution in [-0.4, -0.2) is 51.0 Å². The van der Waals surface area contributed by atoms with Crippen LogP contribution >= 0.6 is 0 Å². The Balaban J connectivity index is 1.80. The molecule has 0 aliphatic rings. The van der Waals surface area contributed by atoms with E-state index in [1.54, 1.807) is 12.1 Å². The van der Waals surface area contributed by atoms with Gasteiger partial charge in [-0.3, -0.25) is 0 Å². The summed E-state index contributed by atoms with van der Waals surface area (Å²) in [7, 11) is 1.45. The van der Waals surface area contributed by atoms with Crippen molar-refractivity contribution in [3.8, 4) is 17.2 Å². The predicted molar refractivity (Wildman–Crippen MR) is 139 cm³/mol. The SMILES string of the molecule is C=C(COC)C(=O)Oc1ccc(C(=O)Oc2ccc(OCCCCCCOC(=O)C(C)F)cc2CC)cc1. The van der Waals surface area contributed by atoms with Crippen molar-refractivity contribution in [1.29, 1.82) is 0 Å². The summed E-state index contributed by atoms with van der Waals surface area (Å²) in [6, 6.07) is 11.3. The zero-order valence-electron chi connectivity index (χ0n) is 22.1. The first-order chi connectivity index (χ1) is 18.2. The van der Waals surface area contributed by atoms with Gasteiger partial charge in [0.15, 0.2) is 6.17 Å². The fraction of sp³-hybridized carbons (Fsp3) is 0.414. The van der Waals surface area contributed by atoms with Crippen LogP contribution in [0.5, 0.6) is 17.2 Å². The van der Waals surface area contributed by atoms with Gasteiger partial charge in [0, 0.05) is 7.11 Å². The molecule has 0 radical (unpaired) electrons. The third-order valence-corrected chi connectivity index (χ3v) is 5.40. The molecule has 1 atom stereocenters. The van der Waals surface area contributed by atoms with Crippen LogP contribution < -0.4 is 14.2 Å². The Kier molecular flexibility index (Phi) is 13.0. The minimum absolute atomic E-state index is 0.0652. The molecule has 0 saturated carbocycles. The molecule has 0 saturated heterocycles. The van der Waals surface area contributed by atoms with Crippen LogP contribution in [0.15, 0.2) is 54.6 Å². The lowest BCUT2D eigenvalue weighted by atomic mass is 10.1. The first kappa shape index (κ1) is 30.5. The zero-order valence-corrected chi connectivity index (χ0v) is 22.1. The minimum Gasteiger partial charge on any atom is -0.494 e. The lowest BCUT2D eigenvalue weighted by molar-refractivity contribution is -0.149. The maximum atomic E-state index is 12.7. The van der Waals surface area contributed by atoms with E-state index in [-0.39, 0.29) is 24.5 Å². The van der Waals surface area contributed by atoms with Gasteiger partial charge in [-0.15, -0.1) is 0 Å². The van der Waals surface area contributed by atoms with Crippen molar-refractivity contribution in [2.75, 3.05) is 26.9 Å². The quantitative estimate of drug-likeness (QED) is 0.123. The van der Waals surface area contributed by atoms with Crippen molar-refractivity contribution in [3.05, 3.63) is 65.7 Å². The first-order valence-electron chi connectivity index (χ1n) is 12.5. The standard InChI is InChI=1S/C29H35FO8/c1-5-22-18-25(35-16-8-6-7-9-17-36-28(32)21(3)30)14-15-26(22)38-29(33)23-10-12-24(13-11-23)37-27(31)20(2)19-34-4/h10-15,18,21H,2,5-9,16-17,19H2,1,3-4H3. The maximum Gasteiger partial charge on any atom is 0.343 e. The van der Waals surface area contributed by atoms with Crippen LogP contribution in [-0.2, 0) is 25.5 Å². The number of halogens is 1. The molecule has 0 aliphatic heterocycles. The van der Waals surface area contributed by atoms with Crippen molar-refractivity contribution in [2.24, 2.45) is 0 Å². The number of carbonyl (C=O) groups excluding carboxylic acids is 3. The van der Waals surface area contributed by atoms with Gasteiger partial charge in [0.25, 0.3) is 0 Å². The van der Waals surface area contributed by atoms with Gasteiger partial charge >= 0.3 is 17.9 Å². The molecule has 0 aliphatic carbocycles. The molecule has 2 rings (SSSR count). The lowest BCUT2D eigenvalue weighted by Gasteiger charge is -2.12. The van der Waals surface area contributed by atoms with Crippen LogP contribution in [0.3, 0.4) is 0 Å². The molecule has 0 N–H and O–H groups in total. The van der Waals surface area contributed by atoms with Crippen molar-refractivity contribution >= 4 is 17.9 Å². The van der Waals surface area contributed by atoms with E-state index < -0.39 is 24.1 Å². The van der Waals surface area contributed by atoms with Crippen LogP contribution in [0.2, 0.25) is 0 Å². The van der Waals surface area contributed by atoms with Gasteiger partial charge in [0.05, 0.1) is 31.0 Å². The molecule has 38 heavy (non-hydrogen) atoms. The number of methoxy groups -OCH3 is 1. The second kappa shape index (κ2) is 16.2. The highest BCUT2D eigenvalue weighted by molar-refractivity contribution is 5.92. The van der Waals surface area contributed by atoms with E-state index in [1.807, 2.05) is 13.0 Å². The summed E-state index contributed by atoms with van der Waals surface area (Å²) in [6.07, 6.45) is 2.27. The Bertz CT molecular complexity index is 1080. The molecule has 2 aromatic carbocycles. The van der Waals surface area contributed by atoms with Crippen LogP contribution in [0.25, 0.3) is 0 Å². The zero-order chi connectivity index (χ0) is 27.9. The summed E-state index contributed by atoms with van der Waals surface area (Å²) >= 11 is 0. The number of unbranched alkanes of at least 4 members (excludes halogenated alkanes) is 3. The van der Waals surface area contributed by atoms with Crippen molar-refractivity contribution in [2.45, 2.75) is 52.1 Å². The summed E-state index contributed by atoms with van der Waals surface area (Å²) in [5.41, 5.74) is 1.31. The van der Waals surface area contributed by atoms with Gasteiger partial charge in [-0.1, -0.05) is 13.5 Å². The Morgan fingerprint density at radius 3 is 2.21 bits per heavy atom. The third-order valence-electron chi connectivity index (χ3n) is 5.40. The van der Waals surface area contributed by atoms with E-state index in [2.05, 4.69) is 6.58 Å². The van der Waals surface area contributed by atoms with Gasteiger partial charge in [-0.25, -0.2) is 18.8 Å². The molecule has 1 unspecified atom stereocenters. The monoisotopic (exact) mass is 530 g/mol. The van der Waals surface area contributed by atoms with Crippen LogP contribution in [0, 0.1) is 0 Å². The van der Waals surface area contributed by atoms with Crippen LogP contribution in [0.1, 0.15) is 55.5 Å². The highest BCUT2D eigenvalue weighted by atomic mass is 19.1. The van der Waals surface area contributed by atoms with Crippen molar-refractivity contribution < 1.29 is 42.5 Å². The Morgan fingerprint density at radius 2 is 1.58 bits per heavy atom. The number of hydrogen-bond donors (Lipinski definition) is 0. The highest BCUT2D eigenvalue weighted by Gasteiger charge is 2.14. The first-order valence-corrected chi connectivity index (χ1v) is 12.5. The Morgan fingerprint density at radius 1 is 0.921 bits per heavy atom. The number of rotatable bonds is 16. The average Bonchev–Trinajstić information content (AvgIpc) is 2.91. The second-order valence-corrected chi connectivity index (χ2v) is 8.51. The van der Waals surface area contributed by atoms with Crippen LogP contribution in [0.4, 0.5) is 4.39 Å². The molecule has 0 spiro atoms. The number of hydrogen-bond acceptors (Lipinski definition) is 8. The summed E-state index contributed by atoms with van der Waals surface area (Å²) in [4.78, 5) is 35.6. The fourth-order valence-electron chi connectivity index (χ4n) is 3.29. The number of benzene rings is 2. The van der Waals surface area contributed by atoms with Crippen molar-refractivity contribution in [3.63, 3.8) is 0 Å². The molecule has 0 amide bonds. The molecule has 9 heteroatoms. The smallest absolute Gasteiger partial charge is 0.343 e. The number of alkyl halides is 1. The molecule has 0 bridgehead atoms. The topological polar surface area (TPSA) is 97.4 Å². The average molecular weight is 531 g/mol. The summed E-state index contributed by atoms with van der Waals surface area (Å²) in [5.74, 6) is -0.585. The second-order valence-electron chi connectivity index (χ2n) is 8.51. The van der Waals surface area contributed by atoms with Gasteiger partial charge in [0.1, 0.15) is 17.2 Å². The van der Waals surface area contributed by atoms with E-state index in [1.165, 1.54) is 31.4 Å². The van der Waals surface area contributed by atoms with Gasteiger partial charge in [0.2, 0.25) is 0 Å². The number of aryl methyl sites for hydroxylation is 1. The predicted octanol–water partition coefficient (Wildman–Crippen LogP) is 5.42. The molecule has 0 heterocycles. The highest BCUT2D eigenvalue weighted by Crippen LogP contribution is 2.26. The van der Waals surface area contributed by atoms with E-state index in [0.29, 0.717) is 36.5 Å². The fourth-order valence-corrected chi connectivity index (χ4v) is 3.29. The Hall–Kier alpha value is -3.72. The maximum absolute atomic E-state index is 12.7. The lowest BCUT2D eigenvalue weighted by Crippen LogP contribution is -2.15. The van der Waals surface area contributed by atoms with Crippen molar-refractivity contribution in [1.82, 2.24) is 0 Å². The van der Waals surface area contributed by atoms with Gasteiger partial charge in [-0.05, 0) is 87.1 Å². The van der Waals surface area contributed by atoms with Gasteiger partial charge in [-0.2, -0.15) is 0 Å². The van der Waals surface area contributed by atoms with E-state index >= 15 is 0 Å².